The van der Waals surface area contributed by atoms with E-state index in [1.54, 1.807) is 7.11 Å². The average molecular weight is 319 g/mol. The van der Waals surface area contributed by atoms with Gasteiger partial charge >= 0.3 is 0 Å². The van der Waals surface area contributed by atoms with E-state index in [-0.39, 0.29) is 11.9 Å². The third kappa shape index (κ3) is 5.84. The quantitative estimate of drug-likeness (QED) is 0.608. The van der Waals surface area contributed by atoms with Gasteiger partial charge in [-0.2, -0.15) is 0 Å². The highest BCUT2D eigenvalue weighted by Crippen LogP contribution is 2.12. The highest BCUT2D eigenvalue weighted by atomic mass is 16.5. The lowest BCUT2D eigenvalue weighted by Crippen LogP contribution is -2.40. The normalized spacial score (nSPS) is 20.4. The molecule has 5 heteroatoms. The number of hydrogen-bond donors (Lipinski definition) is 3. The number of carbonyl (C=O) groups excluding carboxylic acids is 1. The minimum Gasteiger partial charge on any atom is -0.497 e. The van der Waals surface area contributed by atoms with E-state index in [1.165, 1.54) is 18.4 Å². The van der Waals surface area contributed by atoms with Crippen LogP contribution < -0.4 is 20.7 Å². The van der Waals surface area contributed by atoms with E-state index in [0.717, 1.165) is 38.2 Å². The van der Waals surface area contributed by atoms with Crippen LogP contribution in [0.25, 0.3) is 0 Å². The summed E-state index contributed by atoms with van der Waals surface area (Å²) < 4.78 is 5.16. The van der Waals surface area contributed by atoms with Crippen molar-refractivity contribution in [1.82, 2.24) is 16.0 Å². The Bertz CT molecular complexity index is 476. The second-order valence-electron chi connectivity index (χ2n) is 6.12. The van der Waals surface area contributed by atoms with Crippen molar-refractivity contribution in [3.8, 4) is 5.75 Å². The molecule has 5 nitrogen and oxygen atoms in total. The van der Waals surface area contributed by atoms with Gasteiger partial charge < -0.3 is 20.7 Å². The number of unbranched alkanes of at least 4 members (excludes halogenated alkanes) is 2. The topological polar surface area (TPSA) is 62.4 Å². The zero-order valence-electron chi connectivity index (χ0n) is 14.2. The van der Waals surface area contributed by atoms with Crippen LogP contribution >= 0.6 is 0 Å². The Kier molecular flexibility index (Phi) is 7.36. The van der Waals surface area contributed by atoms with Crippen LogP contribution in [0.1, 0.15) is 38.2 Å². The maximum Gasteiger partial charge on any atom is 0.237 e. The first kappa shape index (κ1) is 17.8. The fourth-order valence-corrected chi connectivity index (χ4v) is 2.81. The molecule has 0 aliphatic carbocycles. The second-order valence-corrected chi connectivity index (χ2v) is 6.12. The van der Waals surface area contributed by atoms with Gasteiger partial charge in [-0.05, 0) is 30.5 Å². The molecule has 23 heavy (non-hydrogen) atoms. The molecular weight excluding hydrogens is 290 g/mol. The molecule has 128 valence electrons. The first-order valence-corrected chi connectivity index (χ1v) is 8.60. The van der Waals surface area contributed by atoms with E-state index in [4.69, 9.17) is 4.74 Å². The molecule has 1 fully saturated rings. The molecule has 1 aromatic rings. The first-order chi connectivity index (χ1) is 11.2. The molecule has 3 N–H and O–H groups in total. The van der Waals surface area contributed by atoms with Crippen LogP contribution in [0, 0.1) is 0 Å². The van der Waals surface area contributed by atoms with E-state index in [1.807, 2.05) is 12.1 Å². The number of carbonyl (C=O) groups is 1. The third-order valence-corrected chi connectivity index (χ3v) is 4.28. The van der Waals surface area contributed by atoms with Crippen LogP contribution in [0.15, 0.2) is 24.3 Å². The van der Waals surface area contributed by atoms with E-state index >= 15 is 0 Å². The summed E-state index contributed by atoms with van der Waals surface area (Å²) in [5, 5.41) is 9.84. The van der Waals surface area contributed by atoms with Gasteiger partial charge in [-0.3, -0.25) is 4.79 Å². The van der Waals surface area contributed by atoms with E-state index in [9.17, 15) is 4.79 Å². The van der Waals surface area contributed by atoms with Crippen molar-refractivity contribution in [3.63, 3.8) is 0 Å². The largest absolute Gasteiger partial charge is 0.497 e. The van der Waals surface area contributed by atoms with Crippen LogP contribution in [0.4, 0.5) is 0 Å². The van der Waals surface area contributed by atoms with Crippen molar-refractivity contribution in [2.45, 2.75) is 51.2 Å². The van der Waals surface area contributed by atoms with Gasteiger partial charge in [0.15, 0.2) is 0 Å². The standard InChI is InChI=1S/C18H29N3O2/c1-3-4-5-10-19-18(22)17-11-15(13-21-17)20-12-14-6-8-16(23-2)9-7-14/h6-9,15,17,20-21H,3-5,10-13H2,1-2H3,(H,19,22). The van der Waals surface area contributed by atoms with Gasteiger partial charge in [-0.25, -0.2) is 0 Å². The van der Waals surface area contributed by atoms with Crippen LogP contribution in [-0.2, 0) is 11.3 Å². The molecule has 0 aromatic heterocycles. The molecule has 0 radical (unpaired) electrons. The molecule has 2 rings (SSSR count). The number of rotatable bonds is 9. The Labute approximate surface area is 139 Å². The maximum absolute atomic E-state index is 12.1. The lowest BCUT2D eigenvalue weighted by molar-refractivity contribution is -0.122. The highest BCUT2D eigenvalue weighted by molar-refractivity contribution is 5.82. The molecule has 0 saturated carbocycles. The highest BCUT2D eigenvalue weighted by Gasteiger charge is 2.28. The monoisotopic (exact) mass is 319 g/mol. The number of methoxy groups -OCH3 is 1. The zero-order valence-corrected chi connectivity index (χ0v) is 14.2. The second kappa shape index (κ2) is 9.53. The summed E-state index contributed by atoms with van der Waals surface area (Å²) in [6.45, 7) is 4.60. The van der Waals surface area contributed by atoms with Crippen LogP contribution in [-0.4, -0.2) is 38.2 Å². The summed E-state index contributed by atoms with van der Waals surface area (Å²) in [4.78, 5) is 12.1. The van der Waals surface area contributed by atoms with Crippen molar-refractivity contribution in [3.05, 3.63) is 29.8 Å². The fraction of sp³-hybridized carbons (Fsp3) is 0.611. The summed E-state index contributed by atoms with van der Waals surface area (Å²) in [7, 11) is 1.67. The third-order valence-electron chi connectivity index (χ3n) is 4.28. The molecule has 2 atom stereocenters. The molecule has 1 aliphatic heterocycles. The molecule has 2 unspecified atom stereocenters. The predicted molar refractivity (Wildman–Crippen MR) is 92.6 cm³/mol. The molecule has 1 saturated heterocycles. The number of ether oxygens (including phenoxy) is 1. The smallest absolute Gasteiger partial charge is 0.237 e. The van der Waals surface area contributed by atoms with E-state index in [0.29, 0.717) is 6.04 Å². The average Bonchev–Trinajstić information content (AvgIpc) is 3.06. The van der Waals surface area contributed by atoms with Crippen LogP contribution in [0.2, 0.25) is 0 Å². The van der Waals surface area contributed by atoms with E-state index < -0.39 is 0 Å². The Morgan fingerprint density at radius 1 is 1.30 bits per heavy atom. The molecule has 1 aliphatic rings. The lowest BCUT2D eigenvalue weighted by atomic mass is 10.1. The Morgan fingerprint density at radius 2 is 2.09 bits per heavy atom. The Morgan fingerprint density at radius 3 is 2.78 bits per heavy atom. The fourth-order valence-electron chi connectivity index (χ4n) is 2.81. The van der Waals surface area contributed by atoms with Gasteiger partial charge in [0, 0.05) is 25.7 Å². The van der Waals surface area contributed by atoms with Gasteiger partial charge in [0.05, 0.1) is 13.2 Å². The number of amides is 1. The van der Waals surface area contributed by atoms with E-state index in [2.05, 4.69) is 35.0 Å². The van der Waals surface area contributed by atoms with Crippen molar-refractivity contribution in [2.24, 2.45) is 0 Å². The molecular formula is C18H29N3O2. The van der Waals surface area contributed by atoms with Gasteiger partial charge in [0.2, 0.25) is 5.91 Å². The summed E-state index contributed by atoms with van der Waals surface area (Å²) in [5.41, 5.74) is 1.22. The van der Waals surface area contributed by atoms with Gasteiger partial charge in [-0.1, -0.05) is 31.9 Å². The number of hydrogen-bond acceptors (Lipinski definition) is 4. The Hall–Kier alpha value is -1.59. The summed E-state index contributed by atoms with van der Waals surface area (Å²) in [6, 6.07) is 8.33. The summed E-state index contributed by atoms with van der Waals surface area (Å²) in [6.07, 6.45) is 4.25. The van der Waals surface area contributed by atoms with Crippen molar-refractivity contribution >= 4 is 5.91 Å². The summed E-state index contributed by atoms with van der Waals surface area (Å²) >= 11 is 0. The number of nitrogens with one attached hydrogen (secondary N) is 3. The predicted octanol–water partition coefficient (Wildman–Crippen LogP) is 1.82. The maximum atomic E-state index is 12.1. The molecule has 1 amide bonds. The van der Waals surface area contributed by atoms with Gasteiger partial charge in [0.1, 0.15) is 5.75 Å². The van der Waals surface area contributed by atoms with Crippen molar-refractivity contribution in [2.75, 3.05) is 20.2 Å². The van der Waals surface area contributed by atoms with Crippen LogP contribution in [0.3, 0.4) is 0 Å². The van der Waals surface area contributed by atoms with Gasteiger partial charge in [-0.15, -0.1) is 0 Å². The SMILES string of the molecule is CCCCCNC(=O)C1CC(NCc2ccc(OC)cc2)CN1. The summed E-state index contributed by atoms with van der Waals surface area (Å²) in [5.74, 6) is 1.01. The minimum atomic E-state index is -0.0648. The zero-order chi connectivity index (χ0) is 16.5. The molecule has 1 heterocycles. The van der Waals surface area contributed by atoms with Crippen LogP contribution in [0.5, 0.6) is 5.75 Å². The molecule has 0 bridgehead atoms. The van der Waals surface area contributed by atoms with Gasteiger partial charge in [0.25, 0.3) is 0 Å². The number of benzene rings is 1. The minimum absolute atomic E-state index is 0.0648. The molecule has 0 spiro atoms. The van der Waals surface area contributed by atoms with Crippen molar-refractivity contribution in [1.29, 1.82) is 0 Å². The van der Waals surface area contributed by atoms with Crippen molar-refractivity contribution < 1.29 is 9.53 Å². The first-order valence-electron chi connectivity index (χ1n) is 8.60. The Balaban J connectivity index is 1.67. The lowest BCUT2D eigenvalue weighted by Gasteiger charge is -2.13. The molecule has 1 aromatic carbocycles.